The maximum absolute atomic E-state index is 13.4. The number of hydrogen-bond donors (Lipinski definition) is 1. The van der Waals surface area contributed by atoms with Crippen LogP contribution in [0.1, 0.15) is 5.56 Å². The molecule has 0 spiro atoms. The first-order valence-corrected chi connectivity index (χ1v) is 6.34. The van der Waals surface area contributed by atoms with Crippen LogP contribution in [0.15, 0.2) is 47.0 Å². The standard InChI is InChI=1S/C16H12F2N2O/c1-9-4-2-3-5-13(9)14-15(21-20-16(14)19)10-6-11(17)8-12(18)7-10/h2-8H,1H3,(H2,19,20). The maximum Gasteiger partial charge on any atom is 0.177 e. The fourth-order valence-electron chi connectivity index (χ4n) is 2.30. The Labute approximate surface area is 120 Å². The van der Waals surface area contributed by atoms with Crippen LogP contribution >= 0.6 is 0 Å². The van der Waals surface area contributed by atoms with Crippen molar-refractivity contribution in [3.05, 3.63) is 59.7 Å². The number of nitrogen functional groups attached to an aromatic ring is 1. The van der Waals surface area contributed by atoms with E-state index in [1.165, 1.54) is 12.1 Å². The predicted molar refractivity (Wildman–Crippen MR) is 76.4 cm³/mol. The van der Waals surface area contributed by atoms with E-state index in [0.29, 0.717) is 5.56 Å². The van der Waals surface area contributed by atoms with Gasteiger partial charge < -0.3 is 10.3 Å². The summed E-state index contributed by atoms with van der Waals surface area (Å²) < 4.78 is 32.0. The van der Waals surface area contributed by atoms with Crippen LogP contribution in [0.4, 0.5) is 14.6 Å². The van der Waals surface area contributed by atoms with Gasteiger partial charge in [0.25, 0.3) is 0 Å². The van der Waals surface area contributed by atoms with E-state index in [1.807, 2.05) is 31.2 Å². The second-order valence-corrected chi connectivity index (χ2v) is 4.74. The largest absolute Gasteiger partial charge is 0.380 e. The van der Waals surface area contributed by atoms with Crippen LogP contribution in [0.2, 0.25) is 0 Å². The van der Waals surface area contributed by atoms with Crippen LogP contribution in [-0.4, -0.2) is 5.16 Å². The summed E-state index contributed by atoms with van der Waals surface area (Å²) in [5, 5.41) is 3.73. The first-order valence-electron chi connectivity index (χ1n) is 6.34. The predicted octanol–water partition coefficient (Wildman–Crippen LogP) is 4.18. The van der Waals surface area contributed by atoms with Crippen LogP contribution in [-0.2, 0) is 0 Å². The zero-order valence-electron chi connectivity index (χ0n) is 11.2. The van der Waals surface area contributed by atoms with E-state index in [1.54, 1.807) is 0 Å². The van der Waals surface area contributed by atoms with Gasteiger partial charge in [0, 0.05) is 11.6 Å². The molecule has 0 saturated heterocycles. The Morgan fingerprint density at radius 1 is 1.05 bits per heavy atom. The molecule has 0 aliphatic carbocycles. The average molecular weight is 286 g/mol. The number of nitrogens with zero attached hydrogens (tertiary/aromatic N) is 1. The lowest BCUT2D eigenvalue weighted by Gasteiger charge is -2.06. The summed E-state index contributed by atoms with van der Waals surface area (Å²) in [7, 11) is 0. The molecule has 3 rings (SSSR count). The summed E-state index contributed by atoms with van der Waals surface area (Å²) in [6, 6.07) is 10.7. The van der Waals surface area contributed by atoms with Crippen LogP contribution in [0.5, 0.6) is 0 Å². The van der Waals surface area contributed by atoms with Crippen molar-refractivity contribution in [2.24, 2.45) is 0 Å². The summed E-state index contributed by atoms with van der Waals surface area (Å²) in [6.45, 7) is 1.91. The molecule has 0 bridgehead atoms. The molecular weight excluding hydrogens is 274 g/mol. The van der Waals surface area contributed by atoms with E-state index in [4.69, 9.17) is 10.3 Å². The summed E-state index contributed by atoms with van der Waals surface area (Å²) in [5.41, 5.74) is 8.44. The molecule has 0 unspecified atom stereocenters. The van der Waals surface area contributed by atoms with Gasteiger partial charge in [-0.3, -0.25) is 0 Å². The second-order valence-electron chi connectivity index (χ2n) is 4.74. The van der Waals surface area contributed by atoms with Crippen molar-refractivity contribution in [2.75, 3.05) is 5.73 Å². The minimum atomic E-state index is -0.685. The highest BCUT2D eigenvalue weighted by Crippen LogP contribution is 2.38. The molecule has 21 heavy (non-hydrogen) atoms. The van der Waals surface area contributed by atoms with E-state index in [0.717, 1.165) is 17.2 Å². The molecule has 2 aromatic carbocycles. The smallest absolute Gasteiger partial charge is 0.177 e. The van der Waals surface area contributed by atoms with E-state index in [9.17, 15) is 8.78 Å². The first kappa shape index (κ1) is 13.3. The normalized spacial score (nSPS) is 10.8. The molecule has 3 nitrogen and oxygen atoms in total. The van der Waals surface area contributed by atoms with Gasteiger partial charge in [-0.15, -0.1) is 0 Å². The minimum Gasteiger partial charge on any atom is -0.380 e. The van der Waals surface area contributed by atoms with Gasteiger partial charge in [-0.1, -0.05) is 29.4 Å². The summed E-state index contributed by atoms with van der Waals surface area (Å²) in [4.78, 5) is 0. The molecule has 0 amide bonds. The quantitative estimate of drug-likeness (QED) is 0.769. The van der Waals surface area contributed by atoms with E-state index < -0.39 is 11.6 Å². The molecule has 0 atom stereocenters. The highest BCUT2D eigenvalue weighted by molar-refractivity contribution is 5.87. The van der Waals surface area contributed by atoms with Crippen LogP contribution in [0.25, 0.3) is 22.5 Å². The fraction of sp³-hybridized carbons (Fsp3) is 0.0625. The molecule has 3 aromatic rings. The number of halogens is 2. The zero-order valence-corrected chi connectivity index (χ0v) is 11.2. The Morgan fingerprint density at radius 3 is 2.38 bits per heavy atom. The molecule has 5 heteroatoms. The lowest BCUT2D eigenvalue weighted by molar-refractivity contribution is 0.435. The Hall–Kier alpha value is -2.69. The molecular formula is C16H12F2N2O. The molecule has 0 fully saturated rings. The van der Waals surface area contributed by atoms with Gasteiger partial charge in [-0.2, -0.15) is 0 Å². The van der Waals surface area contributed by atoms with E-state index >= 15 is 0 Å². The summed E-state index contributed by atoms with van der Waals surface area (Å²) >= 11 is 0. The van der Waals surface area contributed by atoms with Gasteiger partial charge in [0.2, 0.25) is 0 Å². The van der Waals surface area contributed by atoms with Crippen molar-refractivity contribution < 1.29 is 13.3 Å². The van der Waals surface area contributed by atoms with E-state index in [-0.39, 0.29) is 17.1 Å². The minimum absolute atomic E-state index is 0.184. The topological polar surface area (TPSA) is 52.0 Å². The first-order chi connectivity index (χ1) is 10.1. The number of aryl methyl sites for hydroxylation is 1. The number of benzene rings is 2. The van der Waals surface area contributed by atoms with Crippen molar-refractivity contribution >= 4 is 5.82 Å². The van der Waals surface area contributed by atoms with Gasteiger partial charge >= 0.3 is 0 Å². The van der Waals surface area contributed by atoms with Crippen molar-refractivity contribution in [3.8, 4) is 22.5 Å². The highest BCUT2D eigenvalue weighted by atomic mass is 19.1. The van der Waals surface area contributed by atoms with E-state index in [2.05, 4.69) is 5.16 Å². The molecule has 0 saturated carbocycles. The monoisotopic (exact) mass is 286 g/mol. The Balaban J connectivity index is 2.24. The maximum atomic E-state index is 13.4. The fourth-order valence-corrected chi connectivity index (χ4v) is 2.30. The number of nitrogens with two attached hydrogens (primary N) is 1. The molecule has 1 aromatic heterocycles. The SMILES string of the molecule is Cc1ccccc1-c1c(N)noc1-c1cc(F)cc(F)c1. The number of rotatable bonds is 2. The molecule has 0 aliphatic rings. The lowest BCUT2D eigenvalue weighted by Crippen LogP contribution is -1.91. The zero-order chi connectivity index (χ0) is 15.0. The third-order valence-corrected chi connectivity index (χ3v) is 3.26. The Morgan fingerprint density at radius 2 is 1.71 bits per heavy atom. The number of anilines is 1. The lowest BCUT2D eigenvalue weighted by atomic mass is 9.97. The number of aromatic nitrogens is 1. The van der Waals surface area contributed by atoms with Gasteiger partial charge in [-0.25, -0.2) is 8.78 Å². The van der Waals surface area contributed by atoms with Crippen molar-refractivity contribution in [1.82, 2.24) is 5.16 Å². The van der Waals surface area contributed by atoms with Gasteiger partial charge in [0.1, 0.15) is 11.6 Å². The number of hydrogen-bond acceptors (Lipinski definition) is 3. The van der Waals surface area contributed by atoms with Crippen LogP contribution < -0.4 is 5.73 Å². The van der Waals surface area contributed by atoms with Crippen molar-refractivity contribution in [3.63, 3.8) is 0 Å². The van der Waals surface area contributed by atoms with Gasteiger partial charge in [0.05, 0.1) is 5.56 Å². The molecule has 2 N–H and O–H groups in total. The van der Waals surface area contributed by atoms with Gasteiger partial charge in [-0.05, 0) is 30.2 Å². The van der Waals surface area contributed by atoms with Crippen LogP contribution in [0, 0.1) is 18.6 Å². The van der Waals surface area contributed by atoms with Gasteiger partial charge in [0.15, 0.2) is 11.6 Å². The summed E-state index contributed by atoms with van der Waals surface area (Å²) in [5.74, 6) is -0.935. The molecule has 0 aliphatic heterocycles. The van der Waals surface area contributed by atoms with Crippen molar-refractivity contribution in [2.45, 2.75) is 6.92 Å². The molecule has 106 valence electrons. The Kier molecular flexibility index (Phi) is 3.17. The third-order valence-electron chi connectivity index (χ3n) is 3.26. The molecule has 0 radical (unpaired) electrons. The third kappa shape index (κ3) is 2.38. The Bertz CT molecular complexity index is 792. The highest BCUT2D eigenvalue weighted by Gasteiger charge is 2.20. The molecule has 1 heterocycles. The average Bonchev–Trinajstić information content (AvgIpc) is 2.80. The van der Waals surface area contributed by atoms with Crippen molar-refractivity contribution in [1.29, 1.82) is 0 Å². The van der Waals surface area contributed by atoms with Crippen LogP contribution in [0.3, 0.4) is 0 Å². The second kappa shape index (κ2) is 5.01. The summed E-state index contributed by atoms with van der Waals surface area (Å²) in [6.07, 6.45) is 0.